The van der Waals surface area contributed by atoms with E-state index >= 15 is 0 Å². The fraction of sp³-hybridized carbons (Fsp3) is 0.250. The number of fused-ring (bicyclic) bond motifs is 1. The Hall–Kier alpha value is -0.640. The molecule has 0 atom stereocenters. The predicted molar refractivity (Wildman–Crippen MR) is 35.8 cm³/mol. The van der Waals surface area contributed by atoms with E-state index in [1.807, 2.05) is 0 Å². The maximum absolute atomic E-state index is 4.10. The van der Waals surface area contributed by atoms with Gasteiger partial charge in [0.05, 0.1) is 12.1 Å². The SMILES string of the molecule is C1=NN=C2SCN=C12. The van der Waals surface area contributed by atoms with E-state index in [0.29, 0.717) is 0 Å². The summed E-state index contributed by atoms with van der Waals surface area (Å²) in [7, 11) is 0. The molecule has 0 N–H and O–H groups in total. The summed E-state index contributed by atoms with van der Waals surface area (Å²) in [6.45, 7) is 0. The molecular formula is C4H3N3S. The number of rotatable bonds is 0. The fourth-order valence-corrected chi connectivity index (χ4v) is 1.31. The number of thioether (sulfide) groups is 1. The summed E-state index contributed by atoms with van der Waals surface area (Å²) in [5.41, 5.74) is 0.954. The summed E-state index contributed by atoms with van der Waals surface area (Å²) in [6.07, 6.45) is 1.69. The largest absolute Gasteiger partial charge is 0.270 e. The standard InChI is InChI=1S/C4H3N3S/c1-3-4(7-6-1)8-2-5-3/h1H,2H2. The maximum atomic E-state index is 4.10. The van der Waals surface area contributed by atoms with Crippen LogP contribution in [0.1, 0.15) is 0 Å². The highest BCUT2D eigenvalue weighted by atomic mass is 32.2. The summed E-state index contributed by atoms with van der Waals surface area (Å²) in [4.78, 5) is 4.10. The molecule has 0 amide bonds. The van der Waals surface area contributed by atoms with E-state index in [0.717, 1.165) is 16.6 Å². The summed E-state index contributed by atoms with van der Waals surface area (Å²) in [5.74, 6) is 0.820. The highest BCUT2D eigenvalue weighted by molar-refractivity contribution is 8.16. The monoisotopic (exact) mass is 125 g/mol. The normalized spacial score (nSPS) is 23.0. The Morgan fingerprint density at radius 2 is 2.62 bits per heavy atom. The molecule has 2 aliphatic rings. The van der Waals surface area contributed by atoms with Crippen LogP contribution in [0.5, 0.6) is 0 Å². The Balaban J connectivity index is 2.49. The van der Waals surface area contributed by atoms with Crippen molar-refractivity contribution in [3.8, 4) is 0 Å². The Morgan fingerprint density at radius 3 is 3.50 bits per heavy atom. The minimum absolute atomic E-state index is 0.820. The Kier molecular flexibility index (Phi) is 0.754. The molecule has 40 valence electrons. The van der Waals surface area contributed by atoms with Crippen molar-refractivity contribution in [2.75, 3.05) is 5.88 Å². The average molecular weight is 125 g/mol. The molecule has 0 saturated heterocycles. The topological polar surface area (TPSA) is 37.1 Å². The van der Waals surface area contributed by atoms with Crippen molar-refractivity contribution < 1.29 is 0 Å². The maximum Gasteiger partial charge on any atom is 0.147 e. The van der Waals surface area contributed by atoms with Crippen LogP contribution in [0.2, 0.25) is 0 Å². The molecule has 0 aromatic heterocycles. The third-order valence-corrected chi connectivity index (χ3v) is 1.81. The highest BCUT2D eigenvalue weighted by Crippen LogP contribution is 2.16. The van der Waals surface area contributed by atoms with Crippen LogP contribution >= 0.6 is 11.8 Å². The lowest BCUT2D eigenvalue weighted by Gasteiger charge is -1.78. The second-order valence-electron chi connectivity index (χ2n) is 1.47. The average Bonchev–Trinajstić information content (AvgIpc) is 2.15. The van der Waals surface area contributed by atoms with Gasteiger partial charge in [0.15, 0.2) is 0 Å². The second kappa shape index (κ2) is 1.42. The summed E-state index contributed by atoms with van der Waals surface area (Å²) >= 11 is 1.63. The molecule has 0 bridgehead atoms. The van der Waals surface area contributed by atoms with E-state index in [9.17, 15) is 0 Å². The van der Waals surface area contributed by atoms with Crippen molar-refractivity contribution in [3.05, 3.63) is 0 Å². The minimum Gasteiger partial charge on any atom is -0.270 e. The lowest BCUT2D eigenvalue weighted by Crippen LogP contribution is -2.00. The van der Waals surface area contributed by atoms with Crippen LogP contribution in [0.15, 0.2) is 15.2 Å². The quantitative estimate of drug-likeness (QED) is 0.465. The lowest BCUT2D eigenvalue weighted by molar-refractivity contribution is 1.29. The molecule has 0 saturated carbocycles. The van der Waals surface area contributed by atoms with Gasteiger partial charge in [0.1, 0.15) is 10.8 Å². The van der Waals surface area contributed by atoms with E-state index in [4.69, 9.17) is 0 Å². The summed E-state index contributed by atoms with van der Waals surface area (Å²) < 4.78 is 0. The highest BCUT2D eigenvalue weighted by Gasteiger charge is 2.16. The van der Waals surface area contributed by atoms with Crippen LogP contribution in [-0.4, -0.2) is 22.8 Å². The van der Waals surface area contributed by atoms with E-state index in [1.54, 1.807) is 18.0 Å². The van der Waals surface area contributed by atoms with Crippen molar-refractivity contribution in [1.82, 2.24) is 0 Å². The fourth-order valence-electron chi connectivity index (χ4n) is 0.617. The van der Waals surface area contributed by atoms with Crippen LogP contribution in [0.3, 0.4) is 0 Å². The van der Waals surface area contributed by atoms with E-state index < -0.39 is 0 Å². The second-order valence-corrected chi connectivity index (χ2v) is 2.40. The van der Waals surface area contributed by atoms with Crippen LogP contribution < -0.4 is 0 Å². The van der Waals surface area contributed by atoms with Gasteiger partial charge in [-0.05, 0) is 0 Å². The molecule has 2 heterocycles. The van der Waals surface area contributed by atoms with Crippen LogP contribution in [0.25, 0.3) is 0 Å². The Morgan fingerprint density at radius 1 is 1.62 bits per heavy atom. The zero-order valence-electron chi connectivity index (χ0n) is 4.03. The molecule has 0 unspecified atom stereocenters. The van der Waals surface area contributed by atoms with Gasteiger partial charge in [0.25, 0.3) is 0 Å². The van der Waals surface area contributed by atoms with Gasteiger partial charge >= 0.3 is 0 Å². The zero-order chi connectivity index (χ0) is 5.40. The van der Waals surface area contributed by atoms with Gasteiger partial charge in [0, 0.05) is 0 Å². The number of hydrogen-bond acceptors (Lipinski definition) is 4. The van der Waals surface area contributed by atoms with Gasteiger partial charge in [-0.1, -0.05) is 11.8 Å². The molecule has 0 aromatic carbocycles. The predicted octanol–water partition coefficient (Wildman–Crippen LogP) is 0.530. The van der Waals surface area contributed by atoms with E-state index in [-0.39, 0.29) is 0 Å². The molecule has 0 spiro atoms. The molecule has 8 heavy (non-hydrogen) atoms. The molecule has 0 fully saturated rings. The van der Waals surface area contributed by atoms with Crippen molar-refractivity contribution in [2.24, 2.45) is 15.2 Å². The van der Waals surface area contributed by atoms with E-state index in [1.165, 1.54) is 0 Å². The summed E-state index contributed by atoms with van der Waals surface area (Å²) in [5, 5.41) is 8.47. The van der Waals surface area contributed by atoms with Crippen molar-refractivity contribution in [1.29, 1.82) is 0 Å². The molecule has 2 aliphatic heterocycles. The number of aliphatic imine (C=N–C) groups is 1. The van der Waals surface area contributed by atoms with Gasteiger partial charge in [0.2, 0.25) is 0 Å². The zero-order valence-corrected chi connectivity index (χ0v) is 4.85. The molecular weight excluding hydrogens is 122 g/mol. The molecule has 3 nitrogen and oxygen atoms in total. The van der Waals surface area contributed by atoms with Gasteiger partial charge in [-0.3, -0.25) is 4.99 Å². The number of nitrogens with zero attached hydrogens (tertiary/aromatic N) is 3. The smallest absolute Gasteiger partial charge is 0.147 e. The van der Waals surface area contributed by atoms with Gasteiger partial charge < -0.3 is 0 Å². The summed E-state index contributed by atoms with van der Waals surface area (Å²) in [6, 6.07) is 0. The third kappa shape index (κ3) is 0.432. The molecule has 2 rings (SSSR count). The molecule has 4 heteroatoms. The molecule has 0 radical (unpaired) electrons. The van der Waals surface area contributed by atoms with Gasteiger partial charge in [-0.15, -0.1) is 5.10 Å². The first kappa shape index (κ1) is 4.26. The molecule has 0 aliphatic carbocycles. The van der Waals surface area contributed by atoms with Crippen LogP contribution in [-0.2, 0) is 0 Å². The van der Waals surface area contributed by atoms with Crippen LogP contribution in [0.4, 0.5) is 0 Å². The lowest BCUT2D eigenvalue weighted by atomic mass is 10.4. The molecule has 0 aromatic rings. The van der Waals surface area contributed by atoms with Gasteiger partial charge in [-0.25, -0.2) is 0 Å². The van der Waals surface area contributed by atoms with Gasteiger partial charge in [-0.2, -0.15) is 5.10 Å². The first-order chi connectivity index (χ1) is 3.97. The number of hydrogen-bond donors (Lipinski definition) is 0. The first-order valence-electron chi connectivity index (χ1n) is 2.25. The van der Waals surface area contributed by atoms with E-state index in [2.05, 4.69) is 15.2 Å². The minimum atomic E-state index is 0.820. The third-order valence-electron chi connectivity index (χ3n) is 0.984. The van der Waals surface area contributed by atoms with Crippen molar-refractivity contribution >= 4 is 28.7 Å². The Labute approximate surface area is 50.6 Å². The van der Waals surface area contributed by atoms with Crippen molar-refractivity contribution in [2.45, 2.75) is 0 Å². The first-order valence-corrected chi connectivity index (χ1v) is 3.24. The van der Waals surface area contributed by atoms with Crippen molar-refractivity contribution in [3.63, 3.8) is 0 Å². The van der Waals surface area contributed by atoms with Crippen LogP contribution in [0, 0.1) is 0 Å². The Bertz CT molecular complexity index is 203.